The second kappa shape index (κ2) is 7.82. The molecule has 0 N–H and O–H groups in total. The van der Waals surface area contributed by atoms with E-state index >= 15 is 0 Å². The number of hydrogen-bond acceptors (Lipinski definition) is 4. The first-order valence-electron chi connectivity index (χ1n) is 8.37. The standard InChI is InChI=1S/C19H22N2O3S2/c1-20(2)26(23,24)17-8-5-6-15(12-17)13-25-14-19(22)21-11-10-16-7-3-4-9-18(16)21/h3-9,12H,10-11,13-14H2,1-2H3. The Hall–Kier alpha value is -1.83. The van der Waals surface area contributed by atoms with E-state index in [-0.39, 0.29) is 10.8 Å². The van der Waals surface area contributed by atoms with Crippen LogP contribution in [-0.2, 0) is 27.0 Å². The summed E-state index contributed by atoms with van der Waals surface area (Å²) in [4.78, 5) is 14.6. The van der Waals surface area contributed by atoms with Gasteiger partial charge < -0.3 is 4.90 Å². The minimum Gasteiger partial charge on any atom is -0.311 e. The molecule has 0 saturated heterocycles. The Kier molecular flexibility index (Phi) is 5.70. The number of rotatable bonds is 6. The summed E-state index contributed by atoms with van der Waals surface area (Å²) in [6, 6.07) is 14.9. The highest BCUT2D eigenvalue weighted by Gasteiger charge is 2.23. The van der Waals surface area contributed by atoms with Crippen LogP contribution in [0.1, 0.15) is 11.1 Å². The molecule has 0 saturated carbocycles. The largest absolute Gasteiger partial charge is 0.311 e. The molecule has 3 rings (SSSR count). The molecule has 0 aromatic heterocycles. The van der Waals surface area contributed by atoms with Crippen molar-refractivity contribution in [3.05, 3.63) is 59.7 Å². The minimum absolute atomic E-state index is 0.0945. The van der Waals surface area contributed by atoms with Crippen LogP contribution in [0.3, 0.4) is 0 Å². The molecular formula is C19H22N2O3S2. The molecule has 2 aromatic carbocycles. The fraction of sp³-hybridized carbons (Fsp3) is 0.316. The van der Waals surface area contributed by atoms with Crippen LogP contribution in [0.25, 0.3) is 0 Å². The van der Waals surface area contributed by atoms with Crippen molar-refractivity contribution in [1.82, 2.24) is 4.31 Å². The third-order valence-electron chi connectivity index (χ3n) is 4.36. The van der Waals surface area contributed by atoms with E-state index in [0.717, 1.165) is 24.2 Å². The smallest absolute Gasteiger partial charge is 0.242 e. The molecule has 0 atom stereocenters. The summed E-state index contributed by atoms with van der Waals surface area (Å²) >= 11 is 1.50. The van der Waals surface area contributed by atoms with Crippen molar-refractivity contribution in [3.63, 3.8) is 0 Å². The number of thioether (sulfide) groups is 1. The molecule has 26 heavy (non-hydrogen) atoms. The van der Waals surface area contributed by atoms with Gasteiger partial charge in [0.05, 0.1) is 10.6 Å². The third kappa shape index (κ3) is 3.95. The molecule has 0 spiro atoms. The van der Waals surface area contributed by atoms with Crippen LogP contribution in [0.5, 0.6) is 0 Å². The number of sulfonamides is 1. The summed E-state index contributed by atoms with van der Waals surface area (Å²) in [6.45, 7) is 0.731. The predicted octanol–water partition coefficient (Wildman–Crippen LogP) is 2.76. The van der Waals surface area contributed by atoms with Crippen molar-refractivity contribution >= 4 is 33.4 Å². The SMILES string of the molecule is CN(C)S(=O)(=O)c1cccc(CSCC(=O)N2CCc3ccccc32)c1. The third-order valence-corrected chi connectivity index (χ3v) is 7.16. The zero-order chi connectivity index (χ0) is 18.7. The molecule has 0 unspecified atom stereocenters. The van der Waals surface area contributed by atoms with Crippen LogP contribution in [0.4, 0.5) is 5.69 Å². The van der Waals surface area contributed by atoms with Gasteiger partial charge in [0.1, 0.15) is 0 Å². The quantitative estimate of drug-likeness (QED) is 0.761. The number of amides is 1. The molecule has 0 bridgehead atoms. The molecule has 138 valence electrons. The van der Waals surface area contributed by atoms with Crippen LogP contribution < -0.4 is 4.90 Å². The first kappa shape index (κ1) is 18.9. The maximum absolute atomic E-state index is 12.5. The van der Waals surface area contributed by atoms with Gasteiger partial charge in [0.25, 0.3) is 0 Å². The van der Waals surface area contributed by atoms with Crippen LogP contribution in [0.2, 0.25) is 0 Å². The number of anilines is 1. The summed E-state index contributed by atoms with van der Waals surface area (Å²) in [7, 11) is -0.404. The summed E-state index contributed by atoms with van der Waals surface area (Å²) in [5.41, 5.74) is 3.12. The molecule has 5 nitrogen and oxygen atoms in total. The summed E-state index contributed by atoms with van der Waals surface area (Å²) in [5, 5.41) is 0. The second-order valence-electron chi connectivity index (χ2n) is 6.35. The van der Waals surface area contributed by atoms with Gasteiger partial charge in [-0.3, -0.25) is 4.79 Å². The number of nitrogens with zero attached hydrogens (tertiary/aromatic N) is 2. The molecule has 1 aliphatic heterocycles. The highest BCUT2D eigenvalue weighted by Crippen LogP contribution is 2.28. The lowest BCUT2D eigenvalue weighted by molar-refractivity contribution is -0.116. The monoisotopic (exact) mass is 390 g/mol. The molecule has 1 amide bonds. The van der Waals surface area contributed by atoms with Gasteiger partial charge in [-0.2, -0.15) is 0 Å². The zero-order valence-corrected chi connectivity index (χ0v) is 16.5. The van der Waals surface area contributed by atoms with Gasteiger partial charge in [-0.1, -0.05) is 30.3 Å². The van der Waals surface area contributed by atoms with Crippen molar-refractivity contribution in [1.29, 1.82) is 0 Å². The lowest BCUT2D eigenvalue weighted by atomic mass is 10.2. The zero-order valence-electron chi connectivity index (χ0n) is 14.9. The van der Waals surface area contributed by atoms with Gasteiger partial charge in [-0.05, 0) is 35.7 Å². The number of para-hydroxylation sites is 1. The van der Waals surface area contributed by atoms with E-state index in [1.54, 1.807) is 18.2 Å². The molecule has 0 radical (unpaired) electrons. The van der Waals surface area contributed by atoms with E-state index in [1.807, 2.05) is 29.2 Å². The van der Waals surface area contributed by atoms with Crippen molar-refractivity contribution in [2.24, 2.45) is 0 Å². The van der Waals surface area contributed by atoms with Crippen molar-refractivity contribution in [2.45, 2.75) is 17.1 Å². The molecule has 0 fully saturated rings. The van der Waals surface area contributed by atoms with E-state index in [1.165, 1.54) is 35.7 Å². The van der Waals surface area contributed by atoms with E-state index in [4.69, 9.17) is 0 Å². The Morgan fingerprint density at radius 1 is 1.15 bits per heavy atom. The Bertz CT molecular complexity index is 911. The Morgan fingerprint density at radius 3 is 2.69 bits per heavy atom. The van der Waals surface area contributed by atoms with Crippen LogP contribution in [0, 0.1) is 0 Å². The number of carbonyl (C=O) groups is 1. The second-order valence-corrected chi connectivity index (χ2v) is 9.49. The first-order chi connectivity index (χ1) is 12.4. The summed E-state index contributed by atoms with van der Waals surface area (Å²) in [5.74, 6) is 1.06. The van der Waals surface area contributed by atoms with Gasteiger partial charge >= 0.3 is 0 Å². The summed E-state index contributed by atoms with van der Waals surface area (Å²) < 4.78 is 25.6. The molecular weight excluding hydrogens is 368 g/mol. The molecule has 1 heterocycles. The fourth-order valence-electron chi connectivity index (χ4n) is 2.94. The van der Waals surface area contributed by atoms with Gasteiger partial charge in [0, 0.05) is 32.1 Å². The van der Waals surface area contributed by atoms with E-state index in [0.29, 0.717) is 11.5 Å². The number of fused-ring (bicyclic) bond motifs is 1. The average Bonchev–Trinajstić information content (AvgIpc) is 3.06. The molecule has 2 aromatic rings. The normalized spacial score (nSPS) is 13.9. The van der Waals surface area contributed by atoms with E-state index < -0.39 is 10.0 Å². The van der Waals surface area contributed by atoms with Gasteiger partial charge in [0.2, 0.25) is 15.9 Å². The number of benzene rings is 2. The van der Waals surface area contributed by atoms with E-state index in [9.17, 15) is 13.2 Å². The lowest BCUT2D eigenvalue weighted by Gasteiger charge is -2.17. The van der Waals surface area contributed by atoms with Crippen LogP contribution >= 0.6 is 11.8 Å². The Balaban J connectivity index is 1.60. The highest BCUT2D eigenvalue weighted by molar-refractivity contribution is 7.99. The maximum atomic E-state index is 12.5. The van der Waals surface area contributed by atoms with Gasteiger partial charge in [-0.15, -0.1) is 11.8 Å². The molecule has 7 heteroatoms. The lowest BCUT2D eigenvalue weighted by Crippen LogP contribution is -2.30. The van der Waals surface area contributed by atoms with Crippen LogP contribution in [-0.4, -0.2) is 45.0 Å². The van der Waals surface area contributed by atoms with Crippen molar-refractivity contribution in [3.8, 4) is 0 Å². The maximum Gasteiger partial charge on any atom is 0.242 e. The minimum atomic E-state index is -3.44. The van der Waals surface area contributed by atoms with Crippen LogP contribution in [0.15, 0.2) is 53.4 Å². The van der Waals surface area contributed by atoms with Crippen molar-refractivity contribution < 1.29 is 13.2 Å². The van der Waals surface area contributed by atoms with Gasteiger partial charge in [0.15, 0.2) is 0 Å². The summed E-state index contributed by atoms with van der Waals surface area (Å²) in [6.07, 6.45) is 0.900. The predicted molar refractivity (Wildman–Crippen MR) is 106 cm³/mol. The van der Waals surface area contributed by atoms with Crippen molar-refractivity contribution in [2.75, 3.05) is 31.3 Å². The molecule has 0 aliphatic carbocycles. The fourth-order valence-corrected chi connectivity index (χ4v) is 4.76. The first-order valence-corrected chi connectivity index (χ1v) is 11.0. The Morgan fingerprint density at radius 2 is 1.92 bits per heavy atom. The number of carbonyl (C=O) groups excluding carboxylic acids is 1. The van der Waals surface area contributed by atoms with E-state index in [2.05, 4.69) is 6.07 Å². The number of hydrogen-bond donors (Lipinski definition) is 0. The topological polar surface area (TPSA) is 57.7 Å². The molecule has 1 aliphatic rings. The Labute approximate surface area is 159 Å². The highest BCUT2D eigenvalue weighted by atomic mass is 32.2. The van der Waals surface area contributed by atoms with Gasteiger partial charge in [-0.25, -0.2) is 12.7 Å². The average molecular weight is 391 g/mol.